The van der Waals surface area contributed by atoms with Crippen LogP contribution in [0.4, 0.5) is 0 Å². The van der Waals surface area contributed by atoms with Crippen LogP contribution in [0.2, 0.25) is 0 Å². The number of fused-ring (bicyclic) bond motifs is 1. The summed E-state index contributed by atoms with van der Waals surface area (Å²) in [4.78, 5) is 23.3. The molecule has 0 radical (unpaired) electrons. The van der Waals surface area contributed by atoms with Crippen LogP contribution in [0.1, 0.15) is 49.8 Å². The van der Waals surface area contributed by atoms with Gasteiger partial charge >= 0.3 is 0 Å². The zero-order chi connectivity index (χ0) is 19.0. The first-order chi connectivity index (χ1) is 12.9. The van der Waals surface area contributed by atoms with Crippen LogP contribution in [0.3, 0.4) is 0 Å². The highest BCUT2D eigenvalue weighted by Crippen LogP contribution is 2.22. The highest BCUT2D eigenvalue weighted by Gasteiger charge is 2.27. The quantitative estimate of drug-likeness (QED) is 0.709. The zero-order valence-corrected chi connectivity index (χ0v) is 16.0. The molecule has 142 valence electrons. The van der Waals surface area contributed by atoms with Gasteiger partial charge in [0, 0.05) is 49.8 Å². The van der Waals surface area contributed by atoms with E-state index in [1.165, 1.54) is 0 Å². The number of hydrogen-bond donors (Lipinski definition) is 0. The molecule has 0 aromatic carbocycles. The van der Waals surface area contributed by atoms with E-state index in [1.54, 1.807) is 16.8 Å². The molecule has 1 aliphatic rings. The van der Waals surface area contributed by atoms with Gasteiger partial charge in [-0.05, 0) is 24.8 Å². The molecule has 1 fully saturated rings. The SMILES string of the molecule is CC(C)(C)c1cn(C[C@@H]2CCCN(C(=O)c3cn4cccnc4n3)C2)nn1. The summed E-state index contributed by atoms with van der Waals surface area (Å²) < 4.78 is 3.69. The average Bonchev–Trinajstić information content (AvgIpc) is 3.27. The minimum absolute atomic E-state index is 0.00994. The number of hydrogen-bond acceptors (Lipinski definition) is 5. The zero-order valence-electron chi connectivity index (χ0n) is 16.0. The number of aromatic nitrogens is 6. The van der Waals surface area contributed by atoms with Gasteiger partial charge in [-0.2, -0.15) is 0 Å². The largest absolute Gasteiger partial charge is 0.337 e. The minimum atomic E-state index is -0.0285. The molecule has 1 amide bonds. The van der Waals surface area contributed by atoms with Crippen molar-refractivity contribution in [1.29, 1.82) is 0 Å². The Morgan fingerprint density at radius 2 is 2.15 bits per heavy atom. The number of nitrogens with zero attached hydrogens (tertiary/aromatic N) is 7. The van der Waals surface area contributed by atoms with Gasteiger partial charge in [0.2, 0.25) is 5.78 Å². The van der Waals surface area contributed by atoms with Crippen LogP contribution < -0.4 is 0 Å². The van der Waals surface area contributed by atoms with Crippen LogP contribution in [0.25, 0.3) is 5.78 Å². The third-order valence-electron chi connectivity index (χ3n) is 5.01. The van der Waals surface area contributed by atoms with E-state index < -0.39 is 0 Å². The molecule has 0 bridgehead atoms. The van der Waals surface area contributed by atoms with E-state index in [0.717, 1.165) is 31.6 Å². The van der Waals surface area contributed by atoms with Crippen molar-refractivity contribution < 1.29 is 4.79 Å². The lowest BCUT2D eigenvalue weighted by atomic mass is 9.93. The monoisotopic (exact) mass is 367 g/mol. The minimum Gasteiger partial charge on any atom is -0.337 e. The van der Waals surface area contributed by atoms with E-state index in [4.69, 9.17) is 0 Å². The molecule has 1 aliphatic heterocycles. The fourth-order valence-electron chi connectivity index (χ4n) is 3.49. The summed E-state index contributed by atoms with van der Waals surface area (Å²) in [6.45, 7) is 8.65. The van der Waals surface area contributed by atoms with E-state index in [1.807, 2.05) is 28.0 Å². The summed E-state index contributed by atoms with van der Waals surface area (Å²) in [7, 11) is 0. The topological polar surface area (TPSA) is 81.2 Å². The van der Waals surface area contributed by atoms with Gasteiger partial charge in [0.25, 0.3) is 5.91 Å². The van der Waals surface area contributed by atoms with Gasteiger partial charge in [-0.25, -0.2) is 9.97 Å². The van der Waals surface area contributed by atoms with Crippen molar-refractivity contribution in [1.82, 2.24) is 34.3 Å². The molecule has 0 spiro atoms. The summed E-state index contributed by atoms with van der Waals surface area (Å²) >= 11 is 0. The van der Waals surface area contributed by atoms with E-state index in [-0.39, 0.29) is 11.3 Å². The number of rotatable bonds is 3. The van der Waals surface area contributed by atoms with Crippen LogP contribution in [0.15, 0.2) is 30.9 Å². The Kier molecular flexibility index (Phi) is 4.41. The second kappa shape index (κ2) is 6.75. The van der Waals surface area contributed by atoms with Gasteiger partial charge in [-0.3, -0.25) is 13.9 Å². The predicted octanol–water partition coefficient (Wildman–Crippen LogP) is 2.17. The molecule has 27 heavy (non-hydrogen) atoms. The Labute approximate surface area is 158 Å². The summed E-state index contributed by atoms with van der Waals surface area (Å²) in [6, 6.07) is 1.82. The Morgan fingerprint density at radius 3 is 2.89 bits per heavy atom. The molecule has 0 saturated carbocycles. The number of likely N-dealkylation sites (tertiary alicyclic amines) is 1. The Bertz CT molecular complexity index is 919. The van der Waals surface area contributed by atoms with Crippen molar-refractivity contribution in [2.24, 2.45) is 5.92 Å². The van der Waals surface area contributed by atoms with Gasteiger partial charge in [0.15, 0.2) is 0 Å². The Hall–Kier alpha value is -2.77. The van der Waals surface area contributed by atoms with Gasteiger partial charge in [-0.1, -0.05) is 26.0 Å². The molecule has 0 unspecified atom stereocenters. The van der Waals surface area contributed by atoms with Crippen molar-refractivity contribution in [2.75, 3.05) is 13.1 Å². The van der Waals surface area contributed by atoms with Gasteiger partial charge in [-0.15, -0.1) is 5.10 Å². The lowest BCUT2D eigenvalue weighted by Crippen LogP contribution is -2.41. The first kappa shape index (κ1) is 17.6. The van der Waals surface area contributed by atoms with E-state index >= 15 is 0 Å². The molecule has 8 heteroatoms. The van der Waals surface area contributed by atoms with Crippen molar-refractivity contribution in [3.8, 4) is 0 Å². The normalized spacial score (nSPS) is 18.2. The Balaban J connectivity index is 1.44. The van der Waals surface area contributed by atoms with Crippen molar-refractivity contribution in [3.05, 3.63) is 42.2 Å². The smallest absolute Gasteiger partial charge is 0.274 e. The lowest BCUT2D eigenvalue weighted by Gasteiger charge is -2.32. The van der Waals surface area contributed by atoms with Gasteiger partial charge in [0.1, 0.15) is 5.69 Å². The standard InChI is InChI=1S/C19H25N7O/c1-19(2,3)16-13-26(23-22-16)11-14-6-4-8-24(10-14)17(27)15-12-25-9-5-7-20-18(25)21-15/h5,7,9,12-14H,4,6,8,10-11H2,1-3H3/t14-/m1/s1. The maximum absolute atomic E-state index is 12.9. The van der Waals surface area contributed by atoms with Crippen LogP contribution in [-0.2, 0) is 12.0 Å². The number of carbonyl (C=O) groups is 1. The Morgan fingerprint density at radius 1 is 1.30 bits per heavy atom. The van der Waals surface area contributed by atoms with Crippen molar-refractivity contribution in [3.63, 3.8) is 0 Å². The lowest BCUT2D eigenvalue weighted by molar-refractivity contribution is 0.0654. The van der Waals surface area contributed by atoms with Crippen LogP contribution >= 0.6 is 0 Å². The predicted molar refractivity (Wildman–Crippen MR) is 100 cm³/mol. The maximum atomic E-state index is 12.9. The molecule has 8 nitrogen and oxygen atoms in total. The molecule has 0 N–H and O–H groups in total. The average molecular weight is 367 g/mol. The summed E-state index contributed by atoms with van der Waals surface area (Å²) in [6.07, 6.45) is 9.38. The summed E-state index contributed by atoms with van der Waals surface area (Å²) in [5, 5.41) is 8.56. The molecule has 3 aromatic heterocycles. The molecule has 1 atom stereocenters. The van der Waals surface area contributed by atoms with E-state index in [0.29, 0.717) is 23.9 Å². The highest BCUT2D eigenvalue weighted by molar-refractivity contribution is 5.92. The molecular formula is C19H25N7O. The number of piperidine rings is 1. The molecule has 3 aromatic rings. The van der Waals surface area contributed by atoms with E-state index in [9.17, 15) is 4.79 Å². The van der Waals surface area contributed by atoms with Crippen molar-refractivity contribution in [2.45, 2.75) is 45.6 Å². The molecule has 4 rings (SSSR count). The number of imidazole rings is 1. The third kappa shape index (κ3) is 3.70. The summed E-state index contributed by atoms with van der Waals surface area (Å²) in [5.41, 5.74) is 1.43. The molecule has 1 saturated heterocycles. The van der Waals surface area contributed by atoms with Crippen LogP contribution in [-0.4, -0.2) is 53.3 Å². The van der Waals surface area contributed by atoms with Crippen LogP contribution in [0, 0.1) is 5.92 Å². The summed E-state index contributed by atoms with van der Waals surface area (Å²) in [5.74, 6) is 0.887. The molecule has 0 aliphatic carbocycles. The first-order valence-corrected chi connectivity index (χ1v) is 9.40. The second-order valence-corrected chi connectivity index (χ2v) is 8.29. The number of carbonyl (C=O) groups excluding carboxylic acids is 1. The molecular weight excluding hydrogens is 342 g/mol. The first-order valence-electron chi connectivity index (χ1n) is 9.40. The van der Waals surface area contributed by atoms with Crippen LogP contribution in [0.5, 0.6) is 0 Å². The van der Waals surface area contributed by atoms with Crippen molar-refractivity contribution >= 4 is 11.7 Å². The molecule has 4 heterocycles. The fraction of sp³-hybridized carbons (Fsp3) is 0.526. The van der Waals surface area contributed by atoms with E-state index in [2.05, 4.69) is 41.1 Å². The maximum Gasteiger partial charge on any atom is 0.274 e. The highest BCUT2D eigenvalue weighted by atomic mass is 16.2. The number of amides is 1. The second-order valence-electron chi connectivity index (χ2n) is 8.29. The van der Waals surface area contributed by atoms with Gasteiger partial charge in [0.05, 0.1) is 5.69 Å². The third-order valence-corrected chi connectivity index (χ3v) is 5.01. The van der Waals surface area contributed by atoms with Gasteiger partial charge < -0.3 is 4.90 Å². The fourth-order valence-corrected chi connectivity index (χ4v) is 3.49.